The number of nitrogens with zero attached hydrogens (tertiary/aromatic N) is 1. The van der Waals surface area contributed by atoms with Crippen molar-refractivity contribution in [3.8, 4) is 0 Å². The predicted molar refractivity (Wildman–Crippen MR) is 48.5 cm³/mol. The van der Waals surface area contributed by atoms with Crippen molar-refractivity contribution in [2.75, 3.05) is 33.9 Å². The fourth-order valence-electron chi connectivity index (χ4n) is 1.50. The van der Waals surface area contributed by atoms with Crippen LogP contribution in [0.15, 0.2) is 0 Å². The van der Waals surface area contributed by atoms with Crippen molar-refractivity contribution in [1.29, 1.82) is 0 Å². The summed E-state index contributed by atoms with van der Waals surface area (Å²) in [6.07, 6.45) is 2.38. The SMILES string of the molecule is COC(=O)COC1CCCN(C)C1. The Morgan fingerprint density at radius 1 is 1.62 bits per heavy atom. The van der Waals surface area contributed by atoms with Crippen molar-refractivity contribution < 1.29 is 14.3 Å². The van der Waals surface area contributed by atoms with E-state index in [1.165, 1.54) is 7.11 Å². The monoisotopic (exact) mass is 187 g/mol. The van der Waals surface area contributed by atoms with E-state index in [1.54, 1.807) is 0 Å². The third-order valence-electron chi connectivity index (χ3n) is 2.25. The van der Waals surface area contributed by atoms with Gasteiger partial charge in [-0.05, 0) is 26.4 Å². The number of carbonyl (C=O) groups excluding carboxylic acids is 1. The summed E-state index contributed by atoms with van der Waals surface area (Å²) in [4.78, 5) is 13.0. The molecule has 1 rings (SSSR count). The Labute approximate surface area is 78.8 Å². The average molecular weight is 187 g/mol. The molecule has 1 heterocycles. The van der Waals surface area contributed by atoms with Crippen molar-refractivity contribution in [1.82, 2.24) is 4.90 Å². The molecule has 1 aliphatic heterocycles. The van der Waals surface area contributed by atoms with E-state index < -0.39 is 0 Å². The molecule has 0 aromatic carbocycles. The van der Waals surface area contributed by atoms with Gasteiger partial charge in [0.15, 0.2) is 0 Å². The number of carbonyl (C=O) groups is 1. The molecule has 1 unspecified atom stereocenters. The van der Waals surface area contributed by atoms with Gasteiger partial charge in [0, 0.05) is 6.54 Å². The van der Waals surface area contributed by atoms with E-state index in [9.17, 15) is 4.79 Å². The first-order valence-electron chi connectivity index (χ1n) is 4.59. The van der Waals surface area contributed by atoms with Gasteiger partial charge in [0.2, 0.25) is 0 Å². The minimum atomic E-state index is -0.298. The number of likely N-dealkylation sites (tertiary alicyclic amines) is 1. The highest BCUT2D eigenvalue weighted by atomic mass is 16.6. The van der Waals surface area contributed by atoms with Crippen LogP contribution in [0.3, 0.4) is 0 Å². The van der Waals surface area contributed by atoms with Gasteiger partial charge in [-0.25, -0.2) is 4.79 Å². The second kappa shape index (κ2) is 5.19. The van der Waals surface area contributed by atoms with Gasteiger partial charge in [0.25, 0.3) is 0 Å². The van der Waals surface area contributed by atoms with E-state index >= 15 is 0 Å². The number of ether oxygens (including phenoxy) is 2. The lowest BCUT2D eigenvalue weighted by atomic mass is 10.1. The Hall–Kier alpha value is -0.610. The first-order chi connectivity index (χ1) is 6.22. The maximum absolute atomic E-state index is 10.8. The molecule has 0 radical (unpaired) electrons. The summed E-state index contributed by atoms with van der Waals surface area (Å²) in [5, 5.41) is 0. The highest BCUT2D eigenvalue weighted by Crippen LogP contribution is 2.11. The minimum absolute atomic E-state index is 0.0784. The molecule has 0 aliphatic carbocycles. The number of esters is 1. The van der Waals surface area contributed by atoms with Crippen molar-refractivity contribution in [2.45, 2.75) is 18.9 Å². The van der Waals surface area contributed by atoms with Gasteiger partial charge >= 0.3 is 5.97 Å². The van der Waals surface area contributed by atoms with Crippen molar-refractivity contribution in [3.63, 3.8) is 0 Å². The largest absolute Gasteiger partial charge is 0.467 e. The quantitative estimate of drug-likeness (QED) is 0.594. The predicted octanol–water partition coefficient (Wildman–Crippen LogP) is 0.270. The van der Waals surface area contributed by atoms with Crippen LogP contribution in [0.5, 0.6) is 0 Å². The summed E-state index contributed by atoms with van der Waals surface area (Å²) in [5.74, 6) is -0.298. The summed E-state index contributed by atoms with van der Waals surface area (Å²) in [5.41, 5.74) is 0. The number of hydrogen-bond donors (Lipinski definition) is 0. The highest BCUT2D eigenvalue weighted by Gasteiger charge is 2.18. The Balaban J connectivity index is 2.17. The maximum Gasteiger partial charge on any atom is 0.331 e. The smallest absolute Gasteiger partial charge is 0.331 e. The second-order valence-corrected chi connectivity index (χ2v) is 3.41. The van der Waals surface area contributed by atoms with Gasteiger partial charge in [0.05, 0.1) is 13.2 Å². The van der Waals surface area contributed by atoms with E-state index in [2.05, 4.69) is 16.7 Å². The van der Waals surface area contributed by atoms with Crippen LogP contribution in [0.2, 0.25) is 0 Å². The molecule has 0 saturated carbocycles. The van der Waals surface area contributed by atoms with Crippen molar-refractivity contribution >= 4 is 5.97 Å². The van der Waals surface area contributed by atoms with Gasteiger partial charge in [0.1, 0.15) is 6.61 Å². The minimum Gasteiger partial charge on any atom is -0.467 e. The van der Waals surface area contributed by atoms with Gasteiger partial charge in [-0.1, -0.05) is 0 Å². The molecule has 0 spiro atoms. The second-order valence-electron chi connectivity index (χ2n) is 3.41. The summed E-state index contributed by atoms with van der Waals surface area (Å²) in [7, 11) is 3.44. The molecule has 1 aliphatic rings. The first-order valence-corrected chi connectivity index (χ1v) is 4.59. The normalized spacial score (nSPS) is 24.3. The number of hydrogen-bond acceptors (Lipinski definition) is 4. The molecule has 0 amide bonds. The lowest BCUT2D eigenvalue weighted by Crippen LogP contribution is -2.37. The van der Waals surface area contributed by atoms with Gasteiger partial charge < -0.3 is 14.4 Å². The molecule has 1 atom stereocenters. The van der Waals surface area contributed by atoms with E-state index in [-0.39, 0.29) is 18.7 Å². The molecule has 0 aromatic heterocycles. The third kappa shape index (κ3) is 3.74. The summed E-state index contributed by atoms with van der Waals surface area (Å²) >= 11 is 0. The number of rotatable bonds is 3. The van der Waals surface area contributed by atoms with Crippen LogP contribution in [-0.2, 0) is 14.3 Å². The van der Waals surface area contributed by atoms with Crippen molar-refractivity contribution in [3.05, 3.63) is 0 Å². The molecular formula is C9H17NO3. The Morgan fingerprint density at radius 2 is 2.38 bits per heavy atom. The zero-order valence-electron chi connectivity index (χ0n) is 8.28. The van der Waals surface area contributed by atoms with E-state index in [0.29, 0.717) is 0 Å². The molecule has 13 heavy (non-hydrogen) atoms. The molecule has 0 N–H and O–H groups in total. The fraction of sp³-hybridized carbons (Fsp3) is 0.889. The third-order valence-corrected chi connectivity index (χ3v) is 2.25. The van der Waals surface area contributed by atoms with Crippen LogP contribution in [0.4, 0.5) is 0 Å². The summed E-state index contributed by atoms with van der Waals surface area (Å²) in [6, 6.07) is 0. The maximum atomic E-state index is 10.8. The van der Waals surface area contributed by atoms with Crippen LogP contribution < -0.4 is 0 Å². The topological polar surface area (TPSA) is 38.8 Å². The molecular weight excluding hydrogens is 170 g/mol. The number of methoxy groups -OCH3 is 1. The molecule has 1 fully saturated rings. The van der Waals surface area contributed by atoms with Crippen LogP contribution in [-0.4, -0.2) is 50.8 Å². The molecule has 4 heteroatoms. The summed E-state index contributed by atoms with van der Waals surface area (Å²) in [6.45, 7) is 2.12. The van der Waals surface area contributed by atoms with E-state index in [4.69, 9.17) is 4.74 Å². The first kappa shape index (κ1) is 10.5. The highest BCUT2D eigenvalue weighted by molar-refractivity contribution is 5.70. The van der Waals surface area contributed by atoms with Gasteiger partial charge in [-0.3, -0.25) is 0 Å². The Kier molecular flexibility index (Phi) is 4.18. The molecule has 76 valence electrons. The lowest BCUT2D eigenvalue weighted by Gasteiger charge is -2.29. The molecule has 1 saturated heterocycles. The zero-order chi connectivity index (χ0) is 9.68. The summed E-state index contributed by atoms with van der Waals surface area (Å²) < 4.78 is 9.88. The van der Waals surface area contributed by atoms with Crippen LogP contribution in [0.1, 0.15) is 12.8 Å². The van der Waals surface area contributed by atoms with Crippen molar-refractivity contribution in [2.24, 2.45) is 0 Å². The standard InChI is InChI=1S/C9H17NO3/c1-10-5-3-4-8(6-10)13-7-9(11)12-2/h8H,3-7H2,1-2H3. The molecule has 0 bridgehead atoms. The fourth-order valence-corrected chi connectivity index (χ4v) is 1.50. The van der Waals surface area contributed by atoms with Crippen LogP contribution in [0.25, 0.3) is 0 Å². The van der Waals surface area contributed by atoms with Gasteiger partial charge in [-0.2, -0.15) is 0 Å². The van der Waals surface area contributed by atoms with E-state index in [0.717, 1.165) is 25.9 Å². The average Bonchev–Trinajstić information content (AvgIpc) is 2.14. The number of piperidine rings is 1. The molecule has 4 nitrogen and oxygen atoms in total. The molecule has 0 aromatic rings. The lowest BCUT2D eigenvalue weighted by molar-refractivity contribution is -0.149. The zero-order valence-corrected chi connectivity index (χ0v) is 8.28. The number of likely N-dealkylation sites (N-methyl/N-ethyl adjacent to an activating group) is 1. The Morgan fingerprint density at radius 3 is 3.00 bits per heavy atom. The van der Waals surface area contributed by atoms with E-state index in [1.807, 2.05) is 0 Å². The Bertz CT molecular complexity index is 172. The van der Waals surface area contributed by atoms with Crippen LogP contribution >= 0.6 is 0 Å². The van der Waals surface area contributed by atoms with Gasteiger partial charge in [-0.15, -0.1) is 0 Å². The van der Waals surface area contributed by atoms with Crippen LogP contribution in [0, 0.1) is 0 Å².